The quantitative estimate of drug-likeness (QED) is 0.778. The van der Waals surface area contributed by atoms with Crippen LogP contribution in [-0.4, -0.2) is 36.6 Å². The normalized spacial score (nSPS) is 19.5. The zero-order valence-electron chi connectivity index (χ0n) is 12.0. The molecule has 0 spiro atoms. The Labute approximate surface area is 125 Å². The van der Waals surface area contributed by atoms with Gasteiger partial charge in [-0.15, -0.1) is 0 Å². The Bertz CT molecular complexity index is 473. The van der Waals surface area contributed by atoms with Gasteiger partial charge in [-0.3, -0.25) is 9.69 Å². The molecular formula is C16H21NO2S. The number of hydrogen-bond acceptors (Lipinski definition) is 4. The summed E-state index contributed by atoms with van der Waals surface area (Å²) in [4.78, 5) is 16.7. The number of carbonyl (C=O) groups excluding carboxylic acids is 1. The molecule has 0 bridgehead atoms. The Hall–Kier alpha value is -1.26. The van der Waals surface area contributed by atoms with E-state index in [0.29, 0.717) is 6.61 Å². The van der Waals surface area contributed by atoms with E-state index in [1.54, 1.807) is 11.8 Å². The molecule has 0 radical (unpaired) electrons. The van der Waals surface area contributed by atoms with Crippen LogP contribution in [0.3, 0.4) is 0 Å². The third-order valence-corrected chi connectivity index (χ3v) is 4.45. The maximum absolute atomic E-state index is 12.1. The van der Waals surface area contributed by atoms with Gasteiger partial charge < -0.3 is 4.74 Å². The van der Waals surface area contributed by atoms with Crippen molar-refractivity contribution in [1.29, 1.82) is 0 Å². The Kier molecular flexibility index (Phi) is 5.68. The summed E-state index contributed by atoms with van der Waals surface area (Å²) in [7, 11) is 0. The maximum Gasteiger partial charge on any atom is 0.323 e. The van der Waals surface area contributed by atoms with Crippen molar-refractivity contribution >= 4 is 17.7 Å². The molecule has 108 valence electrons. The van der Waals surface area contributed by atoms with Gasteiger partial charge in [0.25, 0.3) is 0 Å². The second kappa shape index (κ2) is 7.50. The van der Waals surface area contributed by atoms with Gasteiger partial charge in [0.1, 0.15) is 6.04 Å². The number of hydrogen-bond donors (Lipinski definition) is 0. The minimum Gasteiger partial charge on any atom is -0.465 e. The van der Waals surface area contributed by atoms with E-state index in [1.807, 2.05) is 25.1 Å². The van der Waals surface area contributed by atoms with Crippen LogP contribution in [0.4, 0.5) is 0 Å². The number of rotatable bonds is 5. The predicted octanol–water partition coefficient (Wildman–Crippen LogP) is 3.32. The molecule has 4 heteroatoms. The highest BCUT2D eigenvalue weighted by Gasteiger charge is 2.29. The number of ether oxygens (including phenoxy) is 1. The Morgan fingerprint density at radius 3 is 2.75 bits per heavy atom. The van der Waals surface area contributed by atoms with Crippen LogP contribution in [0.15, 0.2) is 46.2 Å². The van der Waals surface area contributed by atoms with Crippen LogP contribution in [0.1, 0.15) is 20.3 Å². The van der Waals surface area contributed by atoms with Crippen molar-refractivity contribution in [1.82, 2.24) is 4.90 Å². The van der Waals surface area contributed by atoms with Gasteiger partial charge in [-0.25, -0.2) is 0 Å². The summed E-state index contributed by atoms with van der Waals surface area (Å²) < 4.78 is 5.19. The summed E-state index contributed by atoms with van der Waals surface area (Å²) in [6, 6.07) is 10.1. The molecule has 1 atom stereocenters. The highest BCUT2D eigenvalue weighted by Crippen LogP contribution is 2.33. The summed E-state index contributed by atoms with van der Waals surface area (Å²) in [5.41, 5.74) is 0. The number of likely N-dealkylation sites (N-methyl/N-ethyl adjacent to an activating group) is 1. The molecular weight excluding hydrogens is 270 g/mol. The second-order valence-corrected chi connectivity index (χ2v) is 5.84. The summed E-state index contributed by atoms with van der Waals surface area (Å²) in [6.45, 7) is 6.05. The Balaban J connectivity index is 2.05. The topological polar surface area (TPSA) is 29.5 Å². The first-order valence-electron chi connectivity index (χ1n) is 7.07. The molecule has 0 amide bonds. The van der Waals surface area contributed by atoms with E-state index < -0.39 is 0 Å². The van der Waals surface area contributed by atoms with Gasteiger partial charge in [0.15, 0.2) is 0 Å². The fourth-order valence-corrected chi connectivity index (χ4v) is 3.29. The van der Waals surface area contributed by atoms with Crippen molar-refractivity contribution < 1.29 is 9.53 Å². The van der Waals surface area contributed by atoms with Crippen LogP contribution in [0.25, 0.3) is 0 Å². The third-order valence-electron chi connectivity index (χ3n) is 3.35. The molecule has 0 aromatic heterocycles. The lowest BCUT2D eigenvalue weighted by atomic mass is 10.1. The van der Waals surface area contributed by atoms with Gasteiger partial charge in [-0.1, -0.05) is 43.0 Å². The monoisotopic (exact) mass is 291 g/mol. The molecule has 1 aliphatic heterocycles. The molecule has 1 aromatic carbocycles. The molecule has 0 fully saturated rings. The predicted molar refractivity (Wildman–Crippen MR) is 82.7 cm³/mol. The first kappa shape index (κ1) is 15.1. The minimum atomic E-state index is -0.142. The summed E-state index contributed by atoms with van der Waals surface area (Å²) in [5.74, 6) is -0.103. The molecule has 1 aromatic rings. The first-order chi connectivity index (χ1) is 9.74. The van der Waals surface area contributed by atoms with Crippen LogP contribution in [0.5, 0.6) is 0 Å². The molecule has 1 aliphatic rings. The average Bonchev–Trinajstić information content (AvgIpc) is 2.48. The van der Waals surface area contributed by atoms with E-state index in [2.05, 4.69) is 30.0 Å². The molecule has 1 heterocycles. The van der Waals surface area contributed by atoms with Gasteiger partial charge in [0.2, 0.25) is 0 Å². The summed E-state index contributed by atoms with van der Waals surface area (Å²) in [6.07, 6.45) is 2.96. The number of esters is 1. The standard InChI is InChI=1S/C16H21NO2S/c1-3-17-11-10-14(12-15(17)16(18)19-4-2)20-13-8-6-5-7-9-13/h5-10,15H,3-4,11-12H2,1-2H3. The molecule has 0 saturated heterocycles. The SMILES string of the molecule is CCOC(=O)C1CC(Sc2ccccc2)=CCN1CC. The van der Waals surface area contributed by atoms with Gasteiger partial charge >= 0.3 is 5.97 Å². The number of carbonyl (C=O) groups is 1. The van der Waals surface area contributed by atoms with Gasteiger partial charge in [0.05, 0.1) is 6.61 Å². The molecule has 0 N–H and O–H groups in total. The van der Waals surface area contributed by atoms with Gasteiger partial charge in [-0.05, 0) is 30.5 Å². The molecule has 1 unspecified atom stereocenters. The first-order valence-corrected chi connectivity index (χ1v) is 7.88. The van der Waals surface area contributed by atoms with Crippen molar-refractivity contribution in [2.75, 3.05) is 19.7 Å². The zero-order valence-corrected chi connectivity index (χ0v) is 12.9. The molecule has 2 rings (SSSR count). The highest BCUT2D eigenvalue weighted by atomic mass is 32.2. The van der Waals surface area contributed by atoms with Crippen molar-refractivity contribution in [3.05, 3.63) is 41.3 Å². The summed E-state index contributed by atoms with van der Waals surface area (Å²) in [5, 5.41) is 0. The lowest BCUT2D eigenvalue weighted by molar-refractivity contribution is -0.149. The number of nitrogens with zero attached hydrogens (tertiary/aromatic N) is 1. The lowest BCUT2D eigenvalue weighted by Crippen LogP contribution is -2.44. The van der Waals surface area contributed by atoms with E-state index in [1.165, 1.54) is 9.80 Å². The van der Waals surface area contributed by atoms with Crippen LogP contribution in [0, 0.1) is 0 Å². The minimum absolute atomic E-state index is 0.103. The molecule has 3 nitrogen and oxygen atoms in total. The van der Waals surface area contributed by atoms with E-state index in [0.717, 1.165) is 19.5 Å². The van der Waals surface area contributed by atoms with E-state index in [4.69, 9.17) is 4.74 Å². The fraction of sp³-hybridized carbons (Fsp3) is 0.438. The van der Waals surface area contributed by atoms with Crippen LogP contribution in [0.2, 0.25) is 0 Å². The summed E-state index contributed by atoms with van der Waals surface area (Å²) >= 11 is 1.74. The smallest absolute Gasteiger partial charge is 0.323 e. The second-order valence-electron chi connectivity index (χ2n) is 4.65. The third kappa shape index (κ3) is 3.87. The lowest BCUT2D eigenvalue weighted by Gasteiger charge is -2.32. The fourth-order valence-electron chi connectivity index (χ4n) is 2.29. The highest BCUT2D eigenvalue weighted by molar-refractivity contribution is 8.03. The van der Waals surface area contributed by atoms with Crippen molar-refractivity contribution in [3.63, 3.8) is 0 Å². The van der Waals surface area contributed by atoms with Crippen molar-refractivity contribution in [2.45, 2.75) is 31.2 Å². The van der Waals surface area contributed by atoms with Gasteiger partial charge in [0, 0.05) is 17.9 Å². The van der Waals surface area contributed by atoms with Crippen LogP contribution in [-0.2, 0) is 9.53 Å². The van der Waals surface area contributed by atoms with E-state index in [-0.39, 0.29) is 12.0 Å². The Morgan fingerprint density at radius 2 is 2.10 bits per heavy atom. The number of benzene rings is 1. The molecule has 20 heavy (non-hydrogen) atoms. The van der Waals surface area contributed by atoms with Crippen molar-refractivity contribution in [2.24, 2.45) is 0 Å². The number of thioether (sulfide) groups is 1. The average molecular weight is 291 g/mol. The van der Waals surface area contributed by atoms with Crippen molar-refractivity contribution in [3.8, 4) is 0 Å². The van der Waals surface area contributed by atoms with Gasteiger partial charge in [-0.2, -0.15) is 0 Å². The molecule has 0 aliphatic carbocycles. The largest absolute Gasteiger partial charge is 0.465 e. The zero-order chi connectivity index (χ0) is 14.4. The van der Waals surface area contributed by atoms with E-state index in [9.17, 15) is 4.79 Å². The van der Waals surface area contributed by atoms with E-state index >= 15 is 0 Å². The van der Waals surface area contributed by atoms with Crippen LogP contribution >= 0.6 is 11.8 Å². The van der Waals surface area contributed by atoms with Crippen LogP contribution < -0.4 is 0 Å². The maximum atomic E-state index is 12.1. The Morgan fingerprint density at radius 1 is 1.35 bits per heavy atom. The molecule has 0 saturated carbocycles.